The lowest BCUT2D eigenvalue weighted by molar-refractivity contribution is 0.627. The van der Waals surface area contributed by atoms with Crippen LogP contribution in [0.15, 0.2) is 48.5 Å². The quantitative estimate of drug-likeness (QED) is 0.886. The number of halogens is 1. The van der Waals surface area contributed by atoms with E-state index in [-0.39, 0.29) is 5.82 Å². The second-order valence-corrected chi connectivity index (χ2v) is 4.63. The minimum Gasteiger partial charge on any atom is -0.370 e. The van der Waals surface area contributed by atoms with Crippen molar-refractivity contribution in [3.8, 4) is 0 Å². The molecule has 0 amide bonds. The molecular weight excluding hydrogens is 239 g/mol. The Balaban J connectivity index is 2.16. The Morgan fingerprint density at radius 3 is 2.47 bits per heavy atom. The highest BCUT2D eigenvalue weighted by Gasteiger charge is 2.06. The molecule has 0 aliphatic heterocycles. The van der Waals surface area contributed by atoms with Gasteiger partial charge in [-0.2, -0.15) is 0 Å². The third-order valence-electron chi connectivity index (χ3n) is 3.14. The van der Waals surface area contributed by atoms with E-state index in [4.69, 9.17) is 0 Å². The smallest absolute Gasteiger partial charge is 0.125 e. The Morgan fingerprint density at radius 2 is 1.79 bits per heavy atom. The molecule has 2 rings (SSSR count). The van der Waals surface area contributed by atoms with Crippen molar-refractivity contribution in [3.63, 3.8) is 0 Å². The Morgan fingerprint density at radius 1 is 1.05 bits per heavy atom. The summed E-state index contributed by atoms with van der Waals surface area (Å²) in [6, 6.07) is 15.0. The van der Waals surface area contributed by atoms with Crippen molar-refractivity contribution in [1.82, 2.24) is 5.32 Å². The predicted molar refractivity (Wildman–Crippen MR) is 77.7 cm³/mol. The highest BCUT2D eigenvalue weighted by molar-refractivity contribution is 5.46. The van der Waals surface area contributed by atoms with Crippen LogP contribution >= 0.6 is 0 Å². The lowest BCUT2D eigenvalue weighted by Gasteiger charge is -2.21. The summed E-state index contributed by atoms with van der Waals surface area (Å²) >= 11 is 0. The molecule has 0 saturated heterocycles. The minimum atomic E-state index is -0.201. The van der Waals surface area contributed by atoms with Gasteiger partial charge in [-0.05, 0) is 36.4 Å². The van der Waals surface area contributed by atoms with Crippen LogP contribution in [0.3, 0.4) is 0 Å². The lowest BCUT2D eigenvalue weighted by Crippen LogP contribution is -2.18. The van der Waals surface area contributed by atoms with Gasteiger partial charge >= 0.3 is 0 Å². The Hall–Kier alpha value is -1.87. The fraction of sp³-hybridized carbons (Fsp3) is 0.250. The molecule has 3 heteroatoms. The van der Waals surface area contributed by atoms with E-state index in [0.29, 0.717) is 0 Å². The average Bonchev–Trinajstić information content (AvgIpc) is 2.41. The molecule has 19 heavy (non-hydrogen) atoms. The van der Waals surface area contributed by atoms with E-state index >= 15 is 0 Å². The molecule has 100 valence electrons. The zero-order valence-electron chi connectivity index (χ0n) is 11.4. The molecule has 0 saturated carbocycles. The average molecular weight is 258 g/mol. The van der Waals surface area contributed by atoms with Crippen molar-refractivity contribution < 1.29 is 4.39 Å². The summed E-state index contributed by atoms with van der Waals surface area (Å²) in [4.78, 5) is 2.05. The second kappa shape index (κ2) is 6.34. The summed E-state index contributed by atoms with van der Waals surface area (Å²) in [5.41, 5.74) is 3.41. The molecule has 0 aromatic heterocycles. The monoisotopic (exact) mass is 258 g/mol. The van der Waals surface area contributed by atoms with Gasteiger partial charge in [0.05, 0.1) is 0 Å². The van der Waals surface area contributed by atoms with Crippen LogP contribution in [0.4, 0.5) is 10.1 Å². The van der Waals surface area contributed by atoms with E-state index in [2.05, 4.69) is 22.3 Å². The number of rotatable bonds is 5. The van der Waals surface area contributed by atoms with E-state index in [0.717, 1.165) is 18.8 Å². The van der Waals surface area contributed by atoms with E-state index < -0.39 is 0 Å². The number of anilines is 1. The van der Waals surface area contributed by atoms with Gasteiger partial charge in [0.2, 0.25) is 0 Å². The van der Waals surface area contributed by atoms with Gasteiger partial charge in [-0.1, -0.05) is 30.3 Å². The molecule has 0 aliphatic rings. The van der Waals surface area contributed by atoms with E-state index in [1.807, 2.05) is 32.3 Å². The topological polar surface area (TPSA) is 15.3 Å². The third-order valence-corrected chi connectivity index (χ3v) is 3.14. The van der Waals surface area contributed by atoms with E-state index in [9.17, 15) is 4.39 Å². The lowest BCUT2D eigenvalue weighted by atomic mass is 10.1. The molecule has 0 fully saturated rings. The van der Waals surface area contributed by atoms with Gasteiger partial charge in [0, 0.05) is 25.8 Å². The van der Waals surface area contributed by atoms with Gasteiger partial charge in [-0.25, -0.2) is 4.39 Å². The van der Waals surface area contributed by atoms with E-state index in [1.165, 1.54) is 17.2 Å². The summed E-state index contributed by atoms with van der Waals surface area (Å²) in [7, 11) is 3.91. The number of hydrogen-bond acceptors (Lipinski definition) is 2. The molecule has 2 aromatic carbocycles. The van der Waals surface area contributed by atoms with Gasteiger partial charge < -0.3 is 10.2 Å². The predicted octanol–water partition coefficient (Wildman–Crippen LogP) is 3.18. The molecule has 0 aliphatic carbocycles. The van der Waals surface area contributed by atoms with Gasteiger partial charge in [0.1, 0.15) is 5.82 Å². The highest BCUT2D eigenvalue weighted by atomic mass is 19.1. The van der Waals surface area contributed by atoms with E-state index in [1.54, 1.807) is 12.1 Å². The summed E-state index contributed by atoms with van der Waals surface area (Å²) in [5.74, 6) is -0.201. The van der Waals surface area contributed by atoms with Crippen molar-refractivity contribution in [2.75, 3.05) is 19.0 Å². The largest absolute Gasteiger partial charge is 0.370 e. The fourth-order valence-electron chi connectivity index (χ4n) is 2.14. The van der Waals surface area contributed by atoms with Gasteiger partial charge in [0.15, 0.2) is 0 Å². The molecule has 0 unspecified atom stereocenters. The van der Waals surface area contributed by atoms with Crippen molar-refractivity contribution in [2.24, 2.45) is 0 Å². The normalized spacial score (nSPS) is 10.5. The third kappa shape index (κ3) is 3.55. The fourth-order valence-corrected chi connectivity index (χ4v) is 2.14. The van der Waals surface area contributed by atoms with Crippen LogP contribution < -0.4 is 10.2 Å². The molecule has 2 nitrogen and oxygen atoms in total. The first kappa shape index (κ1) is 13.6. The highest BCUT2D eigenvalue weighted by Crippen LogP contribution is 2.18. The number of hydrogen-bond donors (Lipinski definition) is 1. The Bertz CT molecular complexity index is 540. The SMILES string of the molecule is CNCc1ccccc1CN(C)c1cccc(F)c1. The standard InChI is InChI=1S/C16H19FN2/c1-18-11-13-6-3-4-7-14(13)12-19(2)16-9-5-8-15(17)10-16/h3-10,18H,11-12H2,1-2H3. The Kier molecular flexibility index (Phi) is 4.53. The van der Waals surface area contributed by atoms with Crippen LogP contribution in [0.5, 0.6) is 0 Å². The van der Waals surface area contributed by atoms with Crippen molar-refractivity contribution in [2.45, 2.75) is 13.1 Å². The summed E-state index contributed by atoms with van der Waals surface area (Å²) in [6.45, 7) is 1.61. The van der Waals surface area contributed by atoms with Crippen molar-refractivity contribution in [1.29, 1.82) is 0 Å². The first-order chi connectivity index (χ1) is 9.20. The van der Waals surface area contributed by atoms with Crippen LogP contribution in [-0.2, 0) is 13.1 Å². The second-order valence-electron chi connectivity index (χ2n) is 4.63. The Labute approximate surface area is 113 Å². The minimum absolute atomic E-state index is 0.201. The van der Waals surface area contributed by atoms with Gasteiger partial charge in [-0.15, -0.1) is 0 Å². The molecule has 1 N–H and O–H groups in total. The maximum Gasteiger partial charge on any atom is 0.125 e. The molecule has 0 heterocycles. The maximum absolute atomic E-state index is 13.2. The zero-order chi connectivity index (χ0) is 13.7. The molecule has 2 aromatic rings. The molecule has 0 spiro atoms. The van der Waals surface area contributed by atoms with Crippen LogP contribution in [0.2, 0.25) is 0 Å². The summed E-state index contributed by atoms with van der Waals surface area (Å²) in [6.07, 6.45) is 0. The van der Waals surface area contributed by atoms with Crippen LogP contribution in [0, 0.1) is 5.82 Å². The van der Waals surface area contributed by atoms with Crippen molar-refractivity contribution >= 4 is 5.69 Å². The summed E-state index contributed by atoms with van der Waals surface area (Å²) in [5, 5.41) is 3.17. The van der Waals surface area contributed by atoms with Gasteiger partial charge in [-0.3, -0.25) is 0 Å². The van der Waals surface area contributed by atoms with Gasteiger partial charge in [0.25, 0.3) is 0 Å². The molecular formula is C16H19FN2. The molecule has 0 radical (unpaired) electrons. The van der Waals surface area contributed by atoms with Crippen LogP contribution in [0.25, 0.3) is 0 Å². The molecule has 0 bridgehead atoms. The first-order valence-corrected chi connectivity index (χ1v) is 6.39. The van der Waals surface area contributed by atoms with Crippen LogP contribution in [0.1, 0.15) is 11.1 Å². The number of benzene rings is 2. The maximum atomic E-state index is 13.2. The number of nitrogens with zero attached hydrogens (tertiary/aromatic N) is 1. The molecule has 0 atom stereocenters. The first-order valence-electron chi connectivity index (χ1n) is 6.39. The zero-order valence-corrected chi connectivity index (χ0v) is 11.4. The number of nitrogens with one attached hydrogen (secondary N) is 1. The summed E-state index contributed by atoms with van der Waals surface area (Å²) < 4.78 is 13.2. The van der Waals surface area contributed by atoms with Crippen LogP contribution in [-0.4, -0.2) is 14.1 Å². The van der Waals surface area contributed by atoms with Crippen molar-refractivity contribution in [3.05, 3.63) is 65.5 Å².